The van der Waals surface area contributed by atoms with Gasteiger partial charge in [0.15, 0.2) is 5.17 Å². The number of aryl methyl sites for hydroxylation is 1. The Hall–Kier alpha value is -3.66. The number of anilines is 1. The number of rotatable bonds is 5. The SMILES string of the molecule is Cc1ccc(S(=O)(=O)Nc2ccc(Cl)c(N=C3NC(=O)/C(=C/c4ccc5ncccc5c4)S3)c2)cc1. The Bertz CT molecular complexity index is 1670. The lowest BCUT2D eigenvalue weighted by Crippen LogP contribution is -2.19. The molecule has 4 aromatic rings. The first-order valence-electron chi connectivity index (χ1n) is 10.8. The number of nitrogens with one attached hydrogen (secondary N) is 2. The van der Waals surface area contributed by atoms with Crippen molar-refractivity contribution in [3.8, 4) is 0 Å². The normalized spacial score (nSPS) is 16.0. The molecule has 10 heteroatoms. The summed E-state index contributed by atoms with van der Waals surface area (Å²) in [5.41, 5.74) is 3.31. The Morgan fingerprint density at radius 1 is 1.06 bits per heavy atom. The number of hydrogen-bond acceptors (Lipinski definition) is 6. The third-order valence-corrected chi connectivity index (χ3v) is 7.95. The van der Waals surface area contributed by atoms with Crippen molar-refractivity contribution >= 4 is 72.8 Å². The summed E-state index contributed by atoms with van der Waals surface area (Å²) in [6.45, 7) is 1.88. The number of carbonyl (C=O) groups excluding carboxylic acids is 1. The van der Waals surface area contributed by atoms with Gasteiger partial charge in [0.1, 0.15) is 0 Å². The fourth-order valence-electron chi connectivity index (χ4n) is 3.52. The van der Waals surface area contributed by atoms with E-state index in [1.165, 1.54) is 17.8 Å². The Morgan fingerprint density at radius 2 is 1.86 bits per heavy atom. The maximum absolute atomic E-state index is 12.7. The highest BCUT2D eigenvalue weighted by molar-refractivity contribution is 8.18. The number of pyridine rings is 1. The highest BCUT2D eigenvalue weighted by Crippen LogP contribution is 2.33. The zero-order valence-electron chi connectivity index (χ0n) is 18.9. The highest BCUT2D eigenvalue weighted by atomic mass is 35.5. The van der Waals surface area contributed by atoms with Crippen LogP contribution in [-0.4, -0.2) is 24.5 Å². The highest BCUT2D eigenvalue weighted by Gasteiger charge is 2.24. The van der Waals surface area contributed by atoms with Crippen LogP contribution in [0.25, 0.3) is 17.0 Å². The molecule has 0 unspecified atom stereocenters. The molecular weight excluding hydrogens is 516 g/mol. The van der Waals surface area contributed by atoms with E-state index in [-0.39, 0.29) is 10.8 Å². The molecule has 36 heavy (non-hydrogen) atoms. The average molecular weight is 535 g/mol. The third kappa shape index (κ3) is 5.28. The van der Waals surface area contributed by atoms with Crippen molar-refractivity contribution in [1.82, 2.24) is 10.3 Å². The maximum Gasteiger partial charge on any atom is 0.264 e. The predicted molar refractivity (Wildman–Crippen MR) is 146 cm³/mol. The number of amidine groups is 1. The lowest BCUT2D eigenvalue weighted by Gasteiger charge is -2.10. The molecule has 1 aliphatic rings. The van der Waals surface area contributed by atoms with Crippen LogP contribution in [0.5, 0.6) is 0 Å². The van der Waals surface area contributed by atoms with E-state index in [9.17, 15) is 13.2 Å². The number of aliphatic imine (C=N–C) groups is 1. The molecule has 180 valence electrons. The monoisotopic (exact) mass is 534 g/mol. The van der Waals surface area contributed by atoms with Crippen molar-refractivity contribution < 1.29 is 13.2 Å². The minimum Gasteiger partial charge on any atom is -0.300 e. The van der Waals surface area contributed by atoms with Gasteiger partial charge in [-0.15, -0.1) is 0 Å². The van der Waals surface area contributed by atoms with Crippen molar-refractivity contribution in [2.45, 2.75) is 11.8 Å². The molecule has 3 aromatic carbocycles. The summed E-state index contributed by atoms with van der Waals surface area (Å²) >= 11 is 7.49. The first-order chi connectivity index (χ1) is 17.3. The Kier molecular flexibility index (Phi) is 6.53. The topological polar surface area (TPSA) is 101 Å². The summed E-state index contributed by atoms with van der Waals surface area (Å²) in [6.07, 6.45) is 3.51. The molecule has 1 fully saturated rings. The Morgan fingerprint density at radius 3 is 2.67 bits per heavy atom. The van der Waals surface area contributed by atoms with Crippen molar-refractivity contribution in [2.75, 3.05) is 4.72 Å². The van der Waals surface area contributed by atoms with E-state index < -0.39 is 10.0 Å². The van der Waals surface area contributed by atoms with Crippen LogP contribution in [0.4, 0.5) is 11.4 Å². The number of thioether (sulfide) groups is 1. The zero-order valence-corrected chi connectivity index (χ0v) is 21.3. The molecule has 1 saturated heterocycles. The van der Waals surface area contributed by atoms with Crippen molar-refractivity contribution in [2.24, 2.45) is 4.99 Å². The molecule has 0 bridgehead atoms. The third-order valence-electron chi connectivity index (χ3n) is 5.33. The van der Waals surface area contributed by atoms with Gasteiger partial charge in [-0.25, -0.2) is 13.4 Å². The van der Waals surface area contributed by atoms with Crippen LogP contribution in [0, 0.1) is 6.92 Å². The van der Waals surface area contributed by atoms with Gasteiger partial charge in [-0.2, -0.15) is 0 Å². The molecule has 7 nitrogen and oxygen atoms in total. The molecule has 1 aromatic heterocycles. The average Bonchev–Trinajstić information content (AvgIpc) is 3.19. The van der Waals surface area contributed by atoms with Crippen LogP contribution in [0.15, 0.2) is 93.8 Å². The van der Waals surface area contributed by atoms with Crippen molar-refractivity contribution in [3.05, 3.63) is 100 Å². The standard InChI is InChI=1S/C26H19ClN4O3S2/c1-16-4-8-20(9-5-16)36(33,34)31-19-7-10-21(27)23(15-19)29-26-30-25(32)24(35-26)14-17-6-11-22-18(13-17)3-2-12-28-22/h2-15,31H,1H3,(H,29,30,32)/b24-14-. The molecule has 0 spiro atoms. The number of sulfonamides is 1. The van der Waals surface area contributed by atoms with E-state index in [2.05, 4.69) is 20.0 Å². The number of aromatic nitrogens is 1. The number of halogens is 1. The fraction of sp³-hybridized carbons (Fsp3) is 0.0385. The van der Waals surface area contributed by atoms with E-state index >= 15 is 0 Å². The summed E-state index contributed by atoms with van der Waals surface area (Å²) < 4.78 is 28.0. The van der Waals surface area contributed by atoms with Crippen LogP contribution in [-0.2, 0) is 14.8 Å². The van der Waals surface area contributed by atoms with E-state index in [1.807, 2.05) is 37.3 Å². The van der Waals surface area contributed by atoms with Gasteiger partial charge in [0.2, 0.25) is 0 Å². The van der Waals surface area contributed by atoms with Crippen molar-refractivity contribution in [1.29, 1.82) is 0 Å². The van der Waals surface area contributed by atoms with Gasteiger partial charge in [-0.1, -0.05) is 41.4 Å². The summed E-state index contributed by atoms with van der Waals surface area (Å²) in [4.78, 5) is 21.9. The molecule has 1 aliphatic heterocycles. The smallest absolute Gasteiger partial charge is 0.264 e. The van der Waals surface area contributed by atoms with Crippen LogP contribution < -0.4 is 10.0 Å². The first kappa shape index (κ1) is 24.1. The number of carbonyl (C=O) groups is 1. The second-order valence-electron chi connectivity index (χ2n) is 8.02. The van der Waals surface area contributed by atoms with Gasteiger partial charge < -0.3 is 5.32 Å². The Labute approximate surface area is 217 Å². The number of nitrogens with zero attached hydrogens (tertiary/aromatic N) is 2. The number of amides is 1. The lowest BCUT2D eigenvalue weighted by molar-refractivity contribution is -0.115. The van der Waals surface area contributed by atoms with Gasteiger partial charge in [0, 0.05) is 11.6 Å². The van der Waals surface area contributed by atoms with E-state index in [1.54, 1.807) is 48.7 Å². The van der Waals surface area contributed by atoms with Gasteiger partial charge >= 0.3 is 0 Å². The molecular formula is C26H19ClN4O3S2. The summed E-state index contributed by atoms with van der Waals surface area (Å²) in [5.74, 6) is -0.280. The van der Waals surface area contributed by atoms with Gasteiger partial charge in [-0.05, 0) is 78.9 Å². The van der Waals surface area contributed by atoms with Crippen LogP contribution >= 0.6 is 23.4 Å². The van der Waals surface area contributed by atoms with Crippen LogP contribution in [0.2, 0.25) is 5.02 Å². The Balaban J connectivity index is 1.38. The van der Waals surface area contributed by atoms with Crippen molar-refractivity contribution in [3.63, 3.8) is 0 Å². The van der Waals surface area contributed by atoms with Gasteiger partial charge in [0.25, 0.3) is 15.9 Å². The summed E-state index contributed by atoms with van der Waals surface area (Å²) in [7, 11) is -3.78. The zero-order chi connectivity index (χ0) is 25.3. The fourth-order valence-corrected chi connectivity index (χ4v) is 5.56. The molecule has 5 rings (SSSR count). The minimum atomic E-state index is -3.78. The van der Waals surface area contributed by atoms with Crippen LogP contribution in [0.1, 0.15) is 11.1 Å². The lowest BCUT2D eigenvalue weighted by atomic mass is 10.1. The first-order valence-corrected chi connectivity index (χ1v) is 13.5. The molecule has 2 heterocycles. The molecule has 0 aliphatic carbocycles. The maximum atomic E-state index is 12.7. The number of fused-ring (bicyclic) bond motifs is 1. The minimum absolute atomic E-state index is 0.147. The van der Waals surface area contributed by atoms with E-state index in [0.29, 0.717) is 26.5 Å². The molecule has 1 amide bonds. The predicted octanol–water partition coefficient (Wildman–Crippen LogP) is 5.89. The quantitative estimate of drug-likeness (QED) is 0.311. The second kappa shape index (κ2) is 9.77. The van der Waals surface area contributed by atoms with Crippen LogP contribution in [0.3, 0.4) is 0 Å². The second-order valence-corrected chi connectivity index (χ2v) is 11.1. The molecule has 0 atom stereocenters. The van der Waals surface area contributed by atoms with Gasteiger partial charge in [-0.3, -0.25) is 14.5 Å². The molecule has 0 radical (unpaired) electrons. The van der Waals surface area contributed by atoms with E-state index in [0.717, 1.165) is 22.0 Å². The summed E-state index contributed by atoms with van der Waals surface area (Å²) in [5, 5.41) is 4.36. The van der Waals surface area contributed by atoms with Gasteiger partial charge in [0.05, 0.1) is 31.7 Å². The molecule has 2 N–H and O–H groups in total. The largest absolute Gasteiger partial charge is 0.300 e. The van der Waals surface area contributed by atoms with E-state index in [4.69, 9.17) is 11.6 Å². The number of hydrogen-bond donors (Lipinski definition) is 2. The number of benzene rings is 3. The summed E-state index contributed by atoms with van der Waals surface area (Å²) in [6, 6.07) is 20.7. The molecule has 0 saturated carbocycles.